The standard InChI is InChI=1S/C28H37F5N4O2S/c1-18-11-19-12-20(35-40(38,39)10-8-30)5-6-23(19)27(37(18)17-28(2,3)33)26-24(31)13-21(14-25(26)32)34-22-15-36(16-22)9-4-7-29/h5-6,12-14,18,22,27,34-35H,4,7-11,15-17H2,1-3H3. The first kappa shape index (κ1) is 30.5. The third-order valence-electron chi connectivity index (χ3n) is 7.32. The van der Waals surface area contributed by atoms with Crippen molar-refractivity contribution in [1.29, 1.82) is 0 Å². The van der Waals surface area contributed by atoms with Gasteiger partial charge >= 0.3 is 0 Å². The Kier molecular flexibility index (Phi) is 9.31. The molecular weight excluding hydrogens is 551 g/mol. The van der Waals surface area contributed by atoms with Crippen LogP contribution in [0, 0.1) is 11.6 Å². The molecule has 2 aliphatic rings. The van der Waals surface area contributed by atoms with Crippen LogP contribution < -0.4 is 10.0 Å². The number of hydrogen-bond acceptors (Lipinski definition) is 5. The smallest absolute Gasteiger partial charge is 0.235 e. The normalized spacial score (nSPS) is 20.7. The molecule has 0 saturated carbocycles. The Morgan fingerprint density at radius 2 is 1.70 bits per heavy atom. The molecule has 6 nitrogen and oxygen atoms in total. The van der Waals surface area contributed by atoms with Gasteiger partial charge in [-0.15, -0.1) is 0 Å². The van der Waals surface area contributed by atoms with Crippen molar-refractivity contribution in [2.45, 2.75) is 57.4 Å². The number of nitrogens with one attached hydrogen (secondary N) is 2. The number of hydrogen-bond donors (Lipinski definition) is 2. The molecule has 2 heterocycles. The van der Waals surface area contributed by atoms with E-state index in [1.165, 1.54) is 32.0 Å². The average Bonchev–Trinajstić information content (AvgIpc) is 2.80. The van der Waals surface area contributed by atoms with Crippen molar-refractivity contribution >= 4 is 21.4 Å². The van der Waals surface area contributed by atoms with E-state index in [-0.39, 0.29) is 42.2 Å². The third kappa shape index (κ3) is 7.25. The van der Waals surface area contributed by atoms with Crippen molar-refractivity contribution in [3.63, 3.8) is 0 Å². The summed E-state index contributed by atoms with van der Waals surface area (Å²) in [7, 11) is -3.89. The van der Waals surface area contributed by atoms with Crippen LogP contribution in [0.15, 0.2) is 30.3 Å². The van der Waals surface area contributed by atoms with Gasteiger partial charge in [0.05, 0.1) is 24.5 Å². The molecule has 4 rings (SSSR count). The highest BCUT2D eigenvalue weighted by atomic mass is 32.2. The molecule has 2 atom stereocenters. The molecule has 12 heteroatoms. The minimum Gasteiger partial charge on any atom is -0.380 e. The van der Waals surface area contributed by atoms with Crippen molar-refractivity contribution < 1.29 is 30.4 Å². The Hall–Kier alpha value is -2.44. The maximum absolute atomic E-state index is 15.7. The number of sulfonamides is 1. The zero-order valence-corrected chi connectivity index (χ0v) is 23.8. The van der Waals surface area contributed by atoms with Crippen LogP contribution in [0.5, 0.6) is 0 Å². The van der Waals surface area contributed by atoms with Crippen LogP contribution in [-0.4, -0.2) is 81.3 Å². The number of benzene rings is 2. The van der Waals surface area contributed by atoms with Gasteiger partial charge in [0.25, 0.3) is 0 Å². The molecule has 0 aromatic heterocycles. The van der Waals surface area contributed by atoms with E-state index in [0.29, 0.717) is 43.6 Å². The van der Waals surface area contributed by atoms with E-state index in [1.54, 1.807) is 17.0 Å². The van der Waals surface area contributed by atoms with Gasteiger partial charge in [0.2, 0.25) is 10.0 Å². The van der Waals surface area contributed by atoms with E-state index in [2.05, 4.69) is 14.9 Å². The lowest BCUT2D eigenvalue weighted by atomic mass is 9.83. The van der Waals surface area contributed by atoms with Crippen molar-refractivity contribution in [3.05, 3.63) is 58.7 Å². The van der Waals surface area contributed by atoms with E-state index in [9.17, 15) is 21.6 Å². The number of nitrogens with zero attached hydrogens (tertiary/aromatic N) is 2. The Bertz CT molecular complexity index is 1280. The molecule has 0 bridgehead atoms. The number of fused-ring (bicyclic) bond motifs is 1. The van der Waals surface area contributed by atoms with Crippen molar-refractivity contribution in [2.75, 3.05) is 55.3 Å². The van der Waals surface area contributed by atoms with Crippen LogP contribution in [0.4, 0.5) is 33.3 Å². The topological polar surface area (TPSA) is 64.7 Å². The summed E-state index contributed by atoms with van der Waals surface area (Å²) in [5.41, 5.74) is -0.163. The van der Waals surface area contributed by atoms with E-state index in [1.807, 2.05) is 6.92 Å². The fraction of sp³-hybridized carbons (Fsp3) is 0.571. The summed E-state index contributed by atoms with van der Waals surface area (Å²) >= 11 is 0. The summed E-state index contributed by atoms with van der Waals surface area (Å²) in [5.74, 6) is -2.25. The molecular formula is C28H37F5N4O2S. The van der Waals surface area contributed by atoms with Crippen LogP contribution in [-0.2, 0) is 16.4 Å². The molecule has 2 aliphatic heterocycles. The van der Waals surface area contributed by atoms with E-state index < -0.39 is 45.8 Å². The summed E-state index contributed by atoms with van der Waals surface area (Å²) in [6.07, 6.45) is 0.840. The first-order valence-corrected chi connectivity index (χ1v) is 15.1. The molecule has 2 aromatic rings. The highest BCUT2D eigenvalue weighted by Crippen LogP contribution is 2.42. The first-order valence-electron chi connectivity index (χ1n) is 13.5. The number of likely N-dealkylation sites (tertiary alicyclic amines) is 1. The molecule has 0 aliphatic carbocycles. The van der Waals surface area contributed by atoms with Crippen LogP contribution >= 0.6 is 0 Å². The van der Waals surface area contributed by atoms with Gasteiger partial charge in [0, 0.05) is 49.2 Å². The van der Waals surface area contributed by atoms with Gasteiger partial charge in [0.15, 0.2) is 0 Å². The lowest BCUT2D eigenvalue weighted by Crippen LogP contribution is -2.54. The van der Waals surface area contributed by atoms with Crippen LogP contribution in [0.25, 0.3) is 0 Å². The van der Waals surface area contributed by atoms with Gasteiger partial charge in [-0.2, -0.15) is 0 Å². The SMILES string of the molecule is CC1Cc2cc(NS(=O)(=O)CCF)ccc2C(c2c(F)cc(NC3CN(CCCF)C3)cc2F)N1CC(C)(C)F. The lowest BCUT2D eigenvalue weighted by molar-refractivity contribution is 0.0653. The molecule has 0 radical (unpaired) electrons. The second-order valence-electron chi connectivity index (χ2n) is 11.4. The van der Waals surface area contributed by atoms with Gasteiger partial charge in [-0.25, -0.2) is 26.0 Å². The number of halogens is 5. The maximum Gasteiger partial charge on any atom is 0.235 e. The van der Waals surface area contributed by atoms with Gasteiger partial charge < -0.3 is 5.32 Å². The third-order valence-corrected chi connectivity index (χ3v) is 8.56. The predicted octanol–water partition coefficient (Wildman–Crippen LogP) is 5.22. The molecule has 1 saturated heterocycles. The Morgan fingerprint density at radius 1 is 1.02 bits per heavy atom. The molecule has 1 fully saturated rings. The predicted molar refractivity (Wildman–Crippen MR) is 148 cm³/mol. The molecule has 0 spiro atoms. The molecule has 40 heavy (non-hydrogen) atoms. The Morgan fingerprint density at radius 3 is 2.30 bits per heavy atom. The minimum absolute atomic E-state index is 0.0110. The van der Waals surface area contributed by atoms with Crippen molar-refractivity contribution in [2.24, 2.45) is 0 Å². The summed E-state index contributed by atoms with van der Waals surface area (Å²) in [6.45, 7) is 5.07. The summed E-state index contributed by atoms with van der Waals surface area (Å²) < 4.78 is 98.0. The lowest BCUT2D eigenvalue weighted by Gasteiger charge is -2.44. The van der Waals surface area contributed by atoms with E-state index in [0.717, 1.165) is 0 Å². The molecule has 2 aromatic carbocycles. The zero-order chi connectivity index (χ0) is 29.2. The summed E-state index contributed by atoms with van der Waals surface area (Å²) in [4.78, 5) is 3.79. The van der Waals surface area contributed by atoms with Crippen LogP contribution in [0.2, 0.25) is 0 Å². The second-order valence-corrected chi connectivity index (χ2v) is 13.2. The van der Waals surface area contributed by atoms with Gasteiger partial charge in [-0.05, 0) is 69.0 Å². The van der Waals surface area contributed by atoms with E-state index >= 15 is 8.78 Å². The number of alkyl halides is 3. The molecule has 2 unspecified atom stereocenters. The van der Waals surface area contributed by atoms with Crippen molar-refractivity contribution in [3.8, 4) is 0 Å². The molecule has 2 N–H and O–H groups in total. The minimum atomic E-state index is -3.89. The monoisotopic (exact) mass is 588 g/mol. The van der Waals surface area contributed by atoms with Crippen LogP contribution in [0.3, 0.4) is 0 Å². The van der Waals surface area contributed by atoms with Gasteiger partial charge in [-0.3, -0.25) is 18.9 Å². The Labute approximate surface area is 233 Å². The number of anilines is 2. The largest absolute Gasteiger partial charge is 0.380 e. The highest BCUT2D eigenvalue weighted by molar-refractivity contribution is 7.92. The second kappa shape index (κ2) is 12.2. The van der Waals surface area contributed by atoms with E-state index in [4.69, 9.17) is 0 Å². The molecule has 0 amide bonds. The quantitative estimate of drug-likeness (QED) is 0.333. The van der Waals surface area contributed by atoms with Gasteiger partial charge in [0.1, 0.15) is 24.0 Å². The molecule has 222 valence electrons. The van der Waals surface area contributed by atoms with Gasteiger partial charge in [-0.1, -0.05) is 6.07 Å². The first-order chi connectivity index (χ1) is 18.8. The fourth-order valence-electron chi connectivity index (χ4n) is 5.61. The summed E-state index contributed by atoms with van der Waals surface area (Å²) in [6, 6.07) is 5.81. The number of rotatable bonds is 12. The average molecular weight is 589 g/mol. The van der Waals surface area contributed by atoms with Crippen molar-refractivity contribution in [1.82, 2.24) is 9.80 Å². The fourth-order valence-corrected chi connectivity index (χ4v) is 6.40. The highest BCUT2D eigenvalue weighted by Gasteiger charge is 2.39. The Balaban J connectivity index is 1.66. The maximum atomic E-state index is 15.7. The summed E-state index contributed by atoms with van der Waals surface area (Å²) in [5, 5.41) is 3.13. The van der Waals surface area contributed by atoms with Crippen LogP contribution in [0.1, 0.15) is 49.9 Å². The zero-order valence-electron chi connectivity index (χ0n) is 23.0.